The van der Waals surface area contributed by atoms with Crippen LogP contribution in [0.5, 0.6) is 0 Å². The monoisotopic (exact) mass is 249 g/mol. The van der Waals surface area contributed by atoms with Gasteiger partial charge < -0.3 is 4.98 Å². The van der Waals surface area contributed by atoms with E-state index in [0.29, 0.717) is 0 Å². The average molecular weight is 250 g/mol. The van der Waals surface area contributed by atoms with E-state index in [1.165, 1.54) is 16.5 Å². The van der Waals surface area contributed by atoms with Crippen LogP contribution in [0, 0.1) is 0 Å². The van der Waals surface area contributed by atoms with Crippen LogP contribution in [0.15, 0.2) is 36.5 Å². The highest BCUT2D eigenvalue weighted by molar-refractivity contribution is 9.09. The number of hydrogen-bond donors (Lipinski definition) is 1. The Morgan fingerprint density at radius 2 is 2.21 bits per heavy atom. The fraction of sp³-hybridized carbons (Fsp3) is 0.167. The standard InChI is InChI=1S/C12H12BrN/c13-7-2-1-3-10-4-5-12-11(9-10)6-8-14-12/h1,3-6,8-9,14H,2,7H2. The first-order valence-electron chi connectivity index (χ1n) is 4.70. The third-order valence-electron chi connectivity index (χ3n) is 2.16. The van der Waals surface area contributed by atoms with Crippen molar-refractivity contribution in [3.63, 3.8) is 0 Å². The molecule has 2 heteroatoms. The molecule has 0 atom stereocenters. The molecule has 0 radical (unpaired) electrons. The molecule has 0 amide bonds. The summed E-state index contributed by atoms with van der Waals surface area (Å²) in [5, 5.41) is 2.29. The fourth-order valence-corrected chi connectivity index (χ4v) is 1.72. The van der Waals surface area contributed by atoms with E-state index in [-0.39, 0.29) is 0 Å². The van der Waals surface area contributed by atoms with E-state index in [9.17, 15) is 0 Å². The predicted molar refractivity (Wildman–Crippen MR) is 65.7 cm³/mol. The molecule has 2 aromatic rings. The zero-order chi connectivity index (χ0) is 9.80. The van der Waals surface area contributed by atoms with Gasteiger partial charge in [0.25, 0.3) is 0 Å². The van der Waals surface area contributed by atoms with Crippen molar-refractivity contribution in [1.29, 1.82) is 0 Å². The second-order valence-electron chi connectivity index (χ2n) is 3.20. The highest BCUT2D eigenvalue weighted by Crippen LogP contribution is 2.15. The smallest absolute Gasteiger partial charge is 0.0454 e. The van der Waals surface area contributed by atoms with E-state index in [1.54, 1.807) is 0 Å². The Hall–Kier alpha value is -1.02. The van der Waals surface area contributed by atoms with Crippen LogP contribution in [-0.2, 0) is 0 Å². The molecule has 0 bridgehead atoms. The molecule has 0 saturated heterocycles. The van der Waals surface area contributed by atoms with Gasteiger partial charge in [0.15, 0.2) is 0 Å². The SMILES string of the molecule is BrCCC=Cc1ccc2[nH]ccc2c1. The van der Waals surface area contributed by atoms with Crippen LogP contribution in [0.25, 0.3) is 17.0 Å². The Morgan fingerprint density at radius 3 is 3.07 bits per heavy atom. The van der Waals surface area contributed by atoms with E-state index in [2.05, 4.69) is 57.3 Å². The van der Waals surface area contributed by atoms with E-state index >= 15 is 0 Å². The molecule has 0 fully saturated rings. The summed E-state index contributed by atoms with van der Waals surface area (Å²) in [4.78, 5) is 3.18. The number of nitrogens with one attached hydrogen (secondary N) is 1. The first-order chi connectivity index (χ1) is 6.90. The van der Waals surface area contributed by atoms with Gasteiger partial charge in [0, 0.05) is 17.0 Å². The molecule has 0 saturated carbocycles. The summed E-state index contributed by atoms with van der Waals surface area (Å²) in [6.45, 7) is 0. The summed E-state index contributed by atoms with van der Waals surface area (Å²) >= 11 is 3.40. The van der Waals surface area contributed by atoms with Crippen LogP contribution in [0.1, 0.15) is 12.0 Å². The number of fused-ring (bicyclic) bond motifs is 1. The summed E-state index contributed by atoms with van der Waals surface area (Å²) in [7, 11) is 0. The largest absolute Gasteiger partial charge is 0.361 e. The maximum Gasteiger partial charge on any atom is 0.0454 e. The summed E-state index contributed by atoms with van der Waals surface area (Å²) in [5.74, 6) is 0. The molecule has 1 N–H and O–H groups in total. The lowest BCUT2D eigenvalue weighted by molar-refractivity contribution is 1.27. The normalized spacial score (nSPS) is 11.5. The van der Waals surface area contributed by atoms with E-state index in [4.69, 9.17) is 0 Å². The maximum absolute atomic E-state index is 3.40. The average Bonchev–Trinajstić information content (AvgIpc) is 2.65. The van der Waals surface area contributed by atoms with Gasteiger partial charge >= 0.3 is 0 Å². The first-order valence-corrected chi connectivity index (χ1v) is 5.82. The van der Waals surface area contributed by atoms with Crippen LogP contribution in [0.2, 0.25) is 0 Å². The minimum atomic E-state index is 1.02. The number of alkyl halides is 1. The summed E-state index contributed by atoms with van der Waals surface area (Å²) in [6, 6.07) is 8.53. The van der Waals surface area contributed by atoms with E-state index in [1.807, 2.05) is 6.20 Å². The Bertz CT molecular complexity index is 442. The van der Waals surface area contributed by atoms with Crippen LogP contribution in [-0.4, -0.2) is 10.3 Å². The molecule has 0 unspecified atom stereocenters. The zero-order valence-corrected chi connectivity index (χ0v) is 9.42. The minimum absolute atomic E-state index is 1.02. The van der Waals surface area contributed by atoms with Crippen molar-refractivity contribution >= 4 is 32.9 Å². The molecule has 0 aliphatic rings. The molecule has 1 heterocycles. The van der Waals surface area contributed by atoms with Crippen LogP contribution in [0.4, 0.5) is 0 Å². The van der Waals surface area contributed by atoms with E-state index < -0.39 is 0 Å². The second-order valence-corrected chi connectivity index (χ2v) is 4.00. The number of hydrogen-bond acceptors (Lipinski definition) is 0. The molecular weight excluding hydrogens is 238 g/mol. The van der Waals surface area contributed by atoms with Gasteiger partial charge in [-0.15, -0.1) is 0 Å². The maximum atomic E-state index is 3.40. The number of aromatic amines is 1. The van der Waals surface area contributed by atoms with Gasteiger partial charge in [-0.1, -0.05) is 34.1 Å². The molecule has 2 rings (SSSR count). The highest BCUT2D eigenvalue weighted by Gasteiger charge is 1.93. The molecule has 0 aliphatic heterocycles. The molecule has 1 nitrogen and oxygen atoms in total. The van der Waals surface area contributed by atoms with Gasteiger partial charge in [-0.05, 0) is 35.6 Å². The lowest BCUT2D eigenvalue weighted by Crippen LogP contribution is -1.73. The Balaban J connectivity index is 2.25. The first kappa shape index (κ1) is 9.53. The van der Waals surface area contributed by atoms with Crippen LogP contribution >= 0.6 is 15.9 Å². The third kappa shape index (κ3) is 2.07. The van der Waals surface area contributed by atoms with Crippen LogP contribution in [0.3, 0.4) is 0 Å². The molecule has 72 valence electrons. The molecule has 0 aliphatic carbocycles. The molecule has 1 aromatic carbocycles. The van der Waals surface area contributed by atoms with Gasteiger partial charge in [-0.2, -0.15) is 0 Å². The van der Waals surface area contributed by atoms with Crippen molar-refractivity contribution in [2.75, 3.05) is 5.33 Å². The molecular formula is C12H12BrN. The van der Waals surface area contributed by atoms with Crippen molar-refractivity contribution in [3.05, 3.63) is 42.1 Å². The number of halogens is 1. The van der Waals surface area contributed by atoms with Gasteiger partial charge in [0.05, 0.1) is 0 Å². The Labute approximate surface area is 92.0 Å². The molecule has 0 spiro atoms. The van der Waals surface area contributed by atoms with Crippen molar-refractivity contribution in [2.45, 2.75) is 6.42 Å². The highest BCUT2D eigenvalue weighted by atomic mass is 79.9. The predicted octanol–water partition coefficient (Wildman–Crippen LogP) is 3.97. The van der Waals surface area contributed by atoms with E-state index in [0.717, 1.165) is 11.8 Å². The topological polar surface area (TPSA) is 15.8 Å². The molecule has 14 heavy (non-hydrogen) atoms. The number of aromatic nitrogens is 1. The lowest BCUT2D eigenvalue weighted by Gasteiger charge is -1.94. The second kappa shape index (κ2) is 4.47. The van der Waals surface area contributed by atoms with Crippen molar-refractivity contribution in [3.8, 4) is 0 Å². The molecule has 1 aromatic heterocycles. The van der Waals surface area contributed by atoms with Gasteiger partial charge in [-0.3, -0.25) is 0 Å². The van der Waals surface area contributed by atoms with Gasteiger partial charge in [0.2, 0.25) is 0 Å². The van der Waals surface area contributed by atoms with Crippen molar-refractivity contribution < 1.29 is 0 Å². The van der Waals surface area contributed by atoms with Gasteiger partial charge in [-0.25, -0.2) is 0 Å². The summed E-state index contributed by atoms with van der Waals surface area (Å²) in [6.07, 6.45) is 7.39. The fourth-order valence-electron chi connectivity index (χ4n) is 1.46. The lowest BCUT2D eigenvalue weighted by atomic mass is 10.1. The zero-order valence-electron chi connectivity index (χ0n) is 7.83. The summed E-state index contributed by atoms with van der Waals surface area (Å²) in [5.41, 5.74) is 2.46. The minimum Gasteiger partial charge on any atom is -0.361 e. The van der Waals surface area contributed by atoms with Crippen LogP contribution < -0.4 is 0 Å². The number of benzene rings is 1. The summed E-state index contributed by atoms with van der Waals surface area (Å²) < 4.78 is 0. The Morgan fingerprint density at radius 1 is 1.29 bits per heavy atom. The van der Waals surface area contributed by atoms with Gasteiger partial charge in [0.1, 0.15) is 0 Å². The number of allylic oxidation sites excluding steroid dienone is 1. The quantitative estimate of drug-likeness (QED) is 0.793. The Kier molecular flexibility index (Phi) is 3.04. The number of H-pyrrole nitrogens is 1. The van der Waals surface area contributed by atoms with Crippen molar-refractivity contribution in [1.82, 2.24) is 4.98 Å². The van der Waals surface area contributed by atoms with Crippen molar-refractivity contribution in [2.24, 2.45) is 0 Å². The number of rotatable bonds is 3. The third-order valence-corrected chi connectivity index (χ3v) is 2.62.